The summed E-state index contributed by atoms with van der Waals surface area (Å²) in [6, 6.07) is 3.32. The minimum Gasteiger partial charge on any atom is -0.481 e. The number of benzene rings is 1. The number of halogens is 2. The zero-order valence-corrected chi connectivity index (χ0v) is 13.0. The lowest BCUT2D eigenvalue weighted by Crippen LogP contribution is -2.41. The fourth-order valence-electron chi connectivity index (χ4n) is 1.40. The van der Waals surface area contributed by atoms with Crippen LogP contribution in [0.15, 0.2) is 18.2 Å². The predicted molar refractivity (Wildman–Crippen MR) is 79.9 cm³/mol. The molecule has 0 saturated heterocycles. The zero-order valence-electron chi connectivity index (χ0n) is 10.1. The quantitative estimate of drug-likeness (QED) is 0.621. The van der Waals surface area contributed by atoms with Gasteiger partial charge in [-0.2, -0.15) is 0 Å². The second kappa shape index (κ2) is 7.44. The summed E-state index contributed by atoms with van der Waals surface area (Å²) in [7, 11) is 0. The van der Waals surface area contributed by atoms with Crippen LogP contribution in [0.25, 0.3) is 0 Å². The van der Waals surface area contributed by atoms with E-state index < -0.39 is 23.9 Å². The Morgan fingerprint density at radius 3 is 2.45 bits per heavy atom. The average Bonchev–Trinajstić information content (AvgIpc) is 2.36. The van der Waals surface area contributed by atoms with Crippen LogP contribution in [0.1, 0.15) is 23.2 Å². The third-order valence-corrected chi connectivity index (χ3v) is 4.00. The summed E-state index contributed by atoms with van der Waals surface area (Å²) in [4.78, 5) is 33.3. The van der Waals surface area contributed by atoms with Crippen LogP contribution in [0.4, 0.5) is 0 Å². The molecule has 20 heavy (non-hydrogen) atoms. The molecular formula is C12H11ClINO5. The number of aliphatic carboxylic acids is 2. The Labute approximate surface area is 133 Å². The Morgan fingerprint density at radius 1 is 1.30 bits per heavy atom. The van der Waals surface area contributed by atoms with Gasteiger partial charge in [-0.3, -0.25) is 9.59 Å². The van der Waals surface area contributed by atoms with Crippen LogP contribution >= 0.6 is 34.2 Å². The molecule has 0 aliphatic rings. The Bertz CT molecular complexity index is 549. The smallest absolute Gasteiger partial charge is 0.326 e. The minimum atomic E-state index is -1.28. The first-order valence-corrected chi connectivity index (χ1v) is 6.97. The van der Waals surface area contributed by atoms with Crippen LogP contribution in [-0.2, 0) is 9.59 Å². The molecule has 0 aliphatic heterocycles. The second-order valence-corrected chi connectivity index (χ2v) is 5.49. The molecule has 3 N–H and O–H groups in total. The van der Waals surface area contributed by atoms with Gasteiger partial charge in [-0.05, 0) is 47.2 Å². The standard InChI is InChI=1S/C12H11ClINO5/c13-7-5-6(1-2-8(7)14)11(18)15-9(12(19)20)3-4-10(16)17/h1-2,5,9H,3-4H2,(H,15,18)(H,16,17)(H,19,20)/t9-/m0/s1. The number of hydrogen-bond donors (Lipinski definition) is 3. The zero-order chi connectivity index (χ0) is 15.3. The van der Waals surface area contributed by atoms with E-state index >= 15 is 0 Å². The van der Waals surface area contributed by atoms with E-state index in [9.17, 15) is 14.4 Å². The van der Waals surface area contributed by atoms with Crippen molar-refractivity contribution in [1.29, 1.82) is 0 Å². The second-order valence-electron chi connectivity index (χ2n) is 3.93. The van der Waals surface area contributed by atoms with Crippen molar-refractivity contribution in [3.05, 3.63) is 32.4 Å². The van der Waals surface area contributed by atoms with E-state index in [0.29, 0.717) is 5.02 Å². The van der Waals surface area contributed by atoms with E-state index in [-0.39, 0.29) is 18.4 Å². The molecular weight excluding hydrogens is 400 g/mol. The molecule has 1 amide bonds. The maximum Gasteiger partial charge on any atom is 0.326 e. The van der Waals surface area contributed by atoms with Crippen molar-refractivity contribution >= 4 is 52.0 Å². The van der Waals surface area contributed by atoms with Crippen molar-refractivity contribution in [2.75, 3.05) is 0 Å². The van der Waals surface area contributed by atoms with E-state index in [0.717, 1.165) is 3.57 Å². The molecule has 108 valence electrons. The summed E-state index contributed by atoms with van der Waals surface area (Å²) < 4.78 is 0.765. The van der Waals surface area contributed by atoms with Gasteiger partial charge in [-0.15, -0.1) is 0 Å². The fourth-order valence-corrected chi connectivity index (χ4v) is 1.92. The van der Waals surface area contributed by atoms with Gasteiger partial charge in [0.1, 0.15) is 6.04 Å². The summed E-state index contributed by atoms with van der Waals surface area (Å²) in [5.41, 5.74) is 0.219. The number of hydrogen-bond acceptors (Lipinski definition) is 3. The van der Waals surface area contributed by atoms with Gasteiger partial charge in [0.05, 0.1) is 5.02 Å². The largest absolute Gasteiger partial charge is 0.481 e. The van der Waals surface area contributed by atoms with Gasteiger partial charge in [-0.1, -0.05) is 11.6 Å². The van der Waals surface area contributed by atoms with Crippen LogP contribution in [-0.4, -0.2) is 34.1 Å². The van der Waals surface area contributed by atoms with Gasteiger partial charge in [0.25, 0.3) is 5.91 Å². The van der Waals surface area contributed by atoms with Crippen molar-refractivity contribution in [1.82, 2.24) is 5.32 Å². The van der Waals surface area contributed by atoms with Crippen molar-refractivity contribution in [2.45, 2.75) is 18.9 Å². The summed E-state index contributed by atoms with van der Waals surface area (Å²) >= 11 is 7.88. The molecule has 0 fully saturated rings. The number of nitrogens with one attached hydrogen (secondary N) is 1. The summed E-state index contributed by atoms with van der Waals surface area (Å²) in [6.45, 7) is 0. The molecule has 0 aliphatic carbocycles. The molecule has 6 nitrogen and oxygen atoms in total. The first kappa shape index (κ1) is 16.7. The lowest BCUT2D eigenvalue weighted by Gasteiger charge is -2.13. The summed E-state index contributed by atoms with van der Waals surface area (Å²) in [5.74, 6) is -3.01. The Balaban J connectivity index is 2.77. The molecule has 1 atom stereocenters. The number of carboxylic acid groups (broad SMARTS) is 2. The van der Waals surface area contributed by atoms with Crippen LogP contribution in [0.5, 0.6) is 0 Å². The minimum absolute atomic E-state index is 0.186. The summed E-state index contributed by atoms with van der Waals surface area (Å²) in [5, 5.41) is 20.1. The van der Waals surface area contributed by atoms with Gasteiger partial charge < -0.3 is 15.5 Å². The first-order valence-electron chi connectivity index (χ1n) is 5.51. The van der Waals surface area contributed by atoms with Gasteiger partial charge in [0.2, 0.25) is 0 Å². The molecule has 0 unspecified atom stereocenters. The molecule has 1 aromatic rings. The molecule has 0 radical (unpaired) electrons. The lowest BCUT2D eigenvalue weighted by atomic mass is 10.1. The molecule has 1 rings (SSSR count). The number of carbonyl (C=O) groups is 3. The average molecular weight is 412 g/mol. The third kappa shape index (κ3) is 4.97. The highest BCUT2D eigenvalue weighted by Crippen LogP contribution is 2.19. The van der Waals surface area contributed by atoms with Gasteiger partial charge in [-0.25, -0.2) is 4.79 Å². The van der Waals surface area contributed by atoms with Gasteiger partial charge in [0.15, 0.2) is 0 Å². The molecule has 1 aromatic carbocycles. The Kier molecular flexibility index (Phi) is 6.21. The SMILES string of the molecule is O=C(O)CC[C@H](NC(=O)c1ccc(I)c(Cl)c1)C(=O)O. The van der Waals surface area contributed by atoms with Crippen LogP contribution in [0.3, 0.4) is 0 Å². The third-order valence-electron chi connectivity index (χ3n) is 2.43. The van der Waals surface area contributed by atoms with Crippen LogP contribution in [0, 0.1) is 3.57 Å². The van der Waals surface area contributed by atoms with E-state index in [1.807, 2.05) is 22.6 Å². The number of amides is 1. The van der Waals surface area contributed by atoms with E-state index in [1.54, 1.807) is 6.07 Å². The number of carbonyl (C=O) groups excluding carboxylic acids is 1. The topological polar surface area (TPSA) is 104 Å². The van der Waals surface area contributed by atoms with E-state index in [4.69, 9.17) is 21.8 Å². The Hall–Kier alpha value is -1.35. The van der Waals surface area contributed by atoms with E-state index in [1.165, 1.54) is 12.1 Å². The normalized spacial score (nSPS) is 11.7. The molecule has 0 spiro atoms. The van der Waals surface area contributed by atoms with Crippen molar-refractivity contribution in [2.24, 2.45) is 0 Å². The highest BCUT2D eigenvalue weighted by atomic mass is 127. The molecule has 0 heterocycles. The number of rotatable bonds is 6. The highest BCUT2D eigenvalue weighted by Gasteiger charge is 2.21. The highest BCUT2D eigenvalue weighted by molar-refractivity contribution is 14.1. The lowest BCUT2D eigenvalue weighted by molar-refractivity contribution is -0.140. The van der Waals surface area contributed by atoms with Crippen molar-refractivity contribution < 1.29 is 24.6 Å². The summed E-state index contributed by atoms with van der Waals surface area (Å²) in [6.07, 6.45) is -0.529. The maximum absolute atomic E-state index is 11.9. The Morgan fingerprint density at radius 2 is 1.95 bits per heavy atom. The van der Waals surface area contributed by atoms with Crippen LogP contribution in [0.2, 0.25) is 5.02 Å². The molecule has 8 heteroatoms. The van der Waals surface area contributed by atoms with Crippen LogP contribution < -0.4 is 5.32 Å². The van der Waals surface area contributed by atoms with Crippen molar-refractivity contribution in [3.8, 4) is 0 Å². The van der Waals surface area contributed by atoms with E-state index in [2.05, 4.69) is 5.32 Å². The molecule has 0 bridgehead atoms. The van der Waals surface area contributed by atoms with Gasteiger partial charge in [0, 0.05) is 15.6 Å². The maximum atomic E-state index is 11.9. The monoisotopic (exact) mass is 411 g/mol. The predicted octanol–water partition coefficient (Wildman–Crippen LogP) is 1.99. The van der Waals surface area contributed by atoms with Gasteiger partial charge >= 0.3 is 11.9 Å². The van der Waals surface area contributed by atoms with Crippen molar-refractivity contribution in [3.63, 3.8) is 0 Å². The molecule has 0 saturated carbocycles. The number of carboxylic acids is 2. The first-order chi connectivity index (χ1) is 9.31. The molecule has 0 aromatic heterocycles. The fraction of sp³-hybridized carbons (Fsp3) is 0.250.